The molecule has 0 aliphatic rings. The van der Waals surface area contributed by atoms with Crippen LogP contribution in [0.1, 0.15) is 310 Å². The summed E-state index contributed by atoms with van der Waals surface area (Å²) in [7, 11) is 0. The molecule has 0 aromatic heterocycles. The average molecular weight is 1110 g/mol. The summed E-state index contributed by atoms with van der Waals surface area (Å²) in [5.41, 5.74) is 0. The van der Waals surface area contributed by atoms with Crippen LogP contribution < -0.4 is 0 Å². The third-order valence-corrected chi connectivity index (χ3v) is 14.2. The van der Waals surface area contributed by atoms with Crippen molar-refractivity contribution in [2.24, 2.45) is 0 Å². The summed E-state index contributed by atoms with van der Waals surface area (Å²) in [6.07, 6.45) is 93.4. The lowest BCUT2D eigenvalue weighted by atomic mass is 10.0. The Hall–Kier alpha value is -4.19. The van der Waals surface area contributed by atoms with E-state index in [1.54, 1.807) is 0 Å². The predicted molar refractivity (Wildman–Crippen MR) is 348 cm³/mol. The highest BCUT2D eigenvalue weighted by molar-refractivity contribution is 5.71. The van der Waals surface area contributed by atoms with Crippen molar-refractivity contribution >= 4 is 17.9 Å². The Labute approximate surface area is 494 Å². The van der Waals surface area contributed by atoms with Crippen molar-refractivity contribution < 1.29 is 28.6 Å². The van der Waals surface area contributed by atoms with Crippen LogP contribution in [0.5, 0.6) is 0 Å². The SMILES string of the molecule is CC/C=C\C/C=C\C/C=C\C/C=C\C/C=C\C/C=C\C/C=C\C/C=C\CCCCCCC(=O)OCC(COC(=O)CCCCCCCCCCCCCCCCC)OC(=O)CCCCCCCCC/C=C\C/C=C\CCCCCC. The first-order valence-electron chi connectivity index (χ1n) is 33.5. The van der Waals surface area contributed by atoms with Crippen molar-refractivity contribution in [3.63, 3.8) is 0 Å². The van der Waals surface area contributed by atoms with Gasteiger partial charge in [0, 0.05) is 19.3 Å². The molecule has 80 heavy (non-hydrogen) atoms. The van der Waals surface area contributed by atoms with E-state index >= 15 is 0 Å². The van der Waals surface area contributed by atoms with E-state index in [0.717, 1.165) is 135 Å². The van der Waals surface area contributed by atoms with Gasteiger partial charge < -0.3 is 14.2 Å². The van der Waals surface area contributed by atoms with E-state index in [1.165, 1.54) is 135 Å². The maximum absolute atomic E-state index is 12.9. The summed E-state index contributed by atoms with van der Waals surface area (Å²) >= 11 is 0. The number of hydrogen-bond acceptors (Lipinski definition) is 6. The van der Waals surface area contributed by atoms with Gasteiger partial charge in [0.25, 0.3) is 0 Å². The van der Waals surface area contributed by atoms with Gasteiger partial charge in [-0.1, -0.05) is 296 Å². The molecule has 0 bridgehead atoms. The summed E-state index contributed by atoms with van der Waals surface area (Å²) in [4.78, 5) is 38.4. The topological polar surface area (TPSA) is 78.9 Å². The molecule has 1 atom stereocenters. The van der Waals surface area contributed by atoms with E-state index < -0.39 is 6.10 Å². The van der Waals surface area contributed by atoms with Crippen LogP contribution in [0.15, 0.2) is 122 Å². The molecule has 0 fully saturated rings. The standard InChI is InChI=1S/C74H124O6/c1-4-7-10-13-16-19-22-25-28-30-32-33-34-35-36-37-38-39-40-41-42-44-46-49-52-55-58-61-64-67-73(76)79-70-71(69-78-72(75)66-63-60-57-54-51-48-45-27-24-21-18-15-12-9-6-3)80-74(77)68-65-62-59-56-53-50-47-43-31-29-26-23-20-17-14-11-8-5-2/h7,10,16,19-20,23,25,28-29,31-33,35-36,38-39,41-42,46,49,71H,4-6,8-9,11-15,17-18,21-22,24,26-27,30,34,37,40,43-45,47-48,50-70H2,1-3H3/b10-7-,19-16-,23-20-,28-25-,31-29-,33-32-,36-35-,39-38-,42-41-,49-46-. The molecular weight excluding hydrogens is 985 g/mol. The molecule has 0 heterocycles. The lowest BCUT2D eigenvalue weighted by Crippen LogP contribution is -2.30. The van der Waals surface area contributed by atoms with Crippen molar-refractivity contribution in [2.75, 3.05) is 13.2 Å². The van der Waals surface area contributed by atoms with Crippen molar-refractivity contribution in [1.29, 1.82) is 0 Å². The second-order valence-corrected chi connectivity index (χ2v) is 22.0. The van der Waals surface area contributed by atoms with Crippen molar-refractivity contribution in [1.82, 2.24) is 0 Å². The minimum Gasteiger partial charge on any atom is -0.462 e. The van der Waals surface area contributed by atoms with Gasteiger partial charge in [-0.25, -0.2) is 0 Å². The summed E-state index contributed by atoms with van der Waals surface area (Å²) in [6, 6.07) is 0. The summed E-state index contributed by atoms with van der Waals surface area (Å²) in [5.74, 6) is -0.914. The maximum atomic E-state index is 12.9. The summed E-state index contributed by atoms with van der Waals surface area (Å²) in [6.45, 7) is 6.51. The Morgan fingerprint density at radius 2 is 0.487 bits per heavy atom. The number of allylic oxidation sites excluding steroid dienone is 20. The van der Waals surface area contributed by atoms with Gasteiger partial charge in [0.2, 0.25) is 0 Å². The second kappa shape index (κ2) is 67.3. The molecule has 1 unspecified atom stereocenters. The van der Waals surface area contributed by atoms with E-state index in [1.807, 2.05) is 0 Å². The number of esters is 3. The van der Waals surface area contributed by atoms with Gasteiger partial charge in [-0.3, -0.25) is 14.4 Å². The molecule has 0 saturated carbocycles. The van der Waals surface area contributed by atoms with Crippen LogP contribution >= 0.6 is 0 Å². The number of unbranched alkanes of at least 4 members (excludes halogenated alkanes) is 29. The Kier molecular flexibility index (Phi) is 63.8. The van der Waals surface area contributed by atoms with Crippen LogP contribution in [-0.4, -0.2) is 37.2 Å². The van der Waals surface area contributed by atoms with Crippen molar-refractivity contribution in [3.8, 4) is 0 Å². The highest BCUT2D eigenvalue weighted by atomic mass is 16.6. The minimum atomic E-state index is -0.796. The van der Waals surface area contributed by atoms with Crippen LogP contribution in [0.3, 0.4) is 0 Å². The van der Waals surface area contributed by atoms with Gasteiger partial charge in [-0.15, -0.1) is 0 Å². The van der Waals surface area contributed by atoms with Crippen molar-refractivity contribution in [3.05, 3.63) is 122 Å². The Morgan fingerprint density at radius 1 is 0.263 bits per heavy atom. The van der Waals surface area contributed by atoms with E-state index in [9.17, 15) is 14.4 Å². The first-order valence-corrected chi connectivity index (χ1v) is 33.5. The van der Waals surface area contributed by atoms with Gasteiger partial charge in [0.15, 0.2) is 6.10 Å². The fourth-order valence-electron chi connectivity index (χ4n) is 9.20. The number of ether oxygens (including phenoxy) is 3. The summed E-state index contributed by atoms with van der Waals surface area (Å²) < 4.78 is 16.9. The highest BCUT2D eigenvalue weighted by Crippen LogP contribution is 2.16. The van der Waals surface area contributed by atoms with Crippen LogP contribution in [0.4, 0.5) is 0 Å². The lowest BCUT2D eigenvalue weighted by molar-refractivity contribution is -0.167. The van der Waals surface area contributed by atoms with Crippen molar-refractivity contribution in [2.45, 2.75) is 316 Å². The maximum Gasteiger partial charge on any atom is 0.306 e. The molecule has 0 aliphatic heterocycles. The third-order valence-electron chi connectivity index (χ3n) is 14.2. The molecule has 0 aromatic rings. The molecule has 0 aliphatic carbocycles. The smallest absolute Gasteiger partial charge is 0.306 e. The molecule has 456 valence electrons. The molecule has 0 aromatic carbocycles. The zero-order chi connectivity index (χ0) is 57.8. The molecule has 0 amide bonds. The van der Waals surface area contributed by atoms with Gasteiger partial charge in [-0.2, -0.15) is 0 Å². The first-order chi connectivity index (χ1) is 39.5. The van der Waals surface area contributed by atoms with Crippen LogP contribution in [0, 0.1) is 0 Å². The zero-order valence-corrected chi connectivity index (χ0v) is 52.3. The fraction of sp³-hybridized carbons (Fsp3) is 0.689. The van der Waals surface area contributed by atoms with Crippen LogP contribution in [-0.2, 0) is 28.6 Å². The normalized spacial score (nSPS) is 12.9. The number of carbonyl (C=O) groups excluding carboxylic acids is 3. The van der Waals surface area contributed by atoms with E-state index in [-0.39, 0.29) is 31.1 Å². The minimum absolute atomic E-state index is 0.0889. The lowest BCUT2D eigenvalue weighted by Gasteiger charge is -2.18. The highest BCUT2D eigenvalue weighted by Gasteiger charge is 2.19. The average Bonchev–Trinajstić information content (AvgIpc) is 3.46. The summed E-state index contributed by atoms with van der Waals surface area (Å²) in [5, 5.41) is 0. The molecule has 0 radical (unpaired) electrons. The molecule has 0 rings (SSSR count). The second-order valence-electron chi connectivity index (χ2n) is 22.0. The molecule has 0 N–H and O–H groups in total. The van der Waals surface area contributed by atoms with Gasteiger partial charge >= 0.3 is 17.9 Å². The monoisotopic (exact) mass is 1110 g/mol. The Bertz CT molecular complexity index is 1650. The van der Waals surface area contributed by atoms with Gasteiger partial charge in [0.1, 0.15) is 13.2 Å². The fourth-order valence-corrected chi connectivity index (χ4v) is 9.20. The van der Waals surface area contributed by atoms with Crippen LogP contribution in [0.2, 0.25) is 0 Å². The molecular formula is C74H124O6. The Morgan fingerprint density at radius 3 is 0.775 bits per heavy atom. The first kappa shape index (κ1) is 75.8. The zero-order valence-electron chi connectivity index (χ0n) is 52.3. The third kappa shape index (κ3) is 64.6. The Balaban J connectivity index is 4.41. The molecule has 0 saturated heterocycles. The number of hydrogen-bond donors (Lipinski definition) is 0. The quantitative estimate of drug-likeness (QED) is 0.0261. The van der Waals surface area contributed by atoms with E-state index in [0.29, 0.717) is 19.3 Å². The van der Waals surface area contributed by atoms with Crippen LogP contribution in [0.25, 0.3) is 0 Å². The van der Waals surface area contributed by atoms with Gasteiger partial charge in [-0.05, 0) is 116 Å². The molecule has 6 nitrogen and oxygen atoms in total. The van der Waals surface area contributed by atoms with E-state index in [2.05, 4.69) is 142 Å². The molecule has 0 spiro atoms. The number of rotatable bonds is 60. The largest absolute Gasteiger partial charge is 0.462 e. The van der Waals surface area contributed by atoms with Gasteiger partial charge in [0.05, 0.1) is 0 Å². The van der Waals surface area contributed by atoms with E-state index in [4.69, 9.17) is 14.2 Å². The predicted octanol–water partition coefficient (Wildman–Crippen LogP) is 23.2. The number of carbonyl (C=O) groups is 3. The molecule has 6 heteroatoms.